The highest BCUT2D eigenvalue weighted by Crippen LogP contribution is 2.29. The Balaban J connectivity index is 3.12. The molecule has 1 aliphatic heterocycles. The third-order valence-electron chi connectivity index (χ3n) is 1.01. The van der Waals surface area contributed by atoms with Crippen LogP contribution in [0.25, 0.3) is 0 Å². The Morgan fingerprint density at radius 2 is 2.57 bits per heavy atom. The molecule has 42 valence electrons. The van der Waals surface area contributed by atoms with Gasteiger partial charge in [0.2, 0.25) is 0 Å². The van der Waals surface area contributed by atoms with E-state index < -0.39 is 24.9 Å². The molecule has 0 aromatic rings. The summed E-state index contributed by atoms with van der Waals surface area (Å²) in [6.45, 7) is -2.13. The lowest BCUT2D eigenvalue weighted by atomic mass is 9.86. The van der Waals surface area contributed by atoms with E-state index in [-0.39, 0.29) is 0 Å². The zero-order chi connectivity index (χ0) is 10.7. The smallest absolute Gasteiger partial charge is 0.0573 e. The summed E-state index contributed by atoms with van der Waals surface area (Å²) in [5, 5.41) is 0. The Morgan fingerprint density at radius 3 is 2.71 bits per heavy atom. The van der Waals surface area contributed by atoms with Crippen molar-refractivity contribution in [2.45, 2.75) is 20.2 Å². The SMILES string of the molecule is [2H]C([2H])(C)C1(C)C([2H])([2H])OC1([2H])[2H]. The highest BCUT2D eigenvalue weighted by atomic mass is 16.5. The molecule has 0 spiro atoms. The van der Waals surface area contributed by atoms with Crippen LogP contribution in [-0.4, -0.2) is 13.1 Å². The Labute approximate surface area is 53.1 Å². The van der Waals surface area contributed by atoms with Gasteiger partial charge in [0.05, 0.1) is 18.6 Å². The number of hydrogen-bond acceptors (Lipinski definition) is 1. The van der Waals surface area contributed by atoms with Crippen LogP contribution in [0.3, 0.4) is 0 Å². The summed E-state index contributed by atoms with van der Waals surface area (Å²) >= 11 is 0. The molecule has 0 aliphatic carbocycles. The van der Waals surface area contributed by atoms with Crippen molar-refractivity contribution in [2.24, 2.45) is 5.41 Å². The average Bonchev–Trinajstić information content (AvgIpc) is 1.80. The molecular formula is C6H12O. The van der Waals surface area contributed by atoms with E-state index in [4.69, 9.17) is 8.22 Å². The zero-order valence-corrected chi connectivity index (χ0v) is 4.41. The van der Waals surface area contributed by atoms with Gasteiger partial charge < -0.3 is 4.74 Å². The van der Waals surface area contributed by atoms with E-state index in [1.165, 1.54) is 6.92 Å². The molecule has 0 atom stereocenters. The van der Waals surface area contributed by atoms with Crippen molar-refractivity contribution >= 4 is 0 Å². The van der Waals surface area contributed by atoms with Crippen molar-refractivity contribution in [3.05, 3.63) is 0 Å². The van der Waals surface area contributed by atoms with Crippen LogP contribution in [0.2, 0.25) is 0 Å². The van der Waals surface area contributed by atoms with E-state index in [0.717, 1.165) is 6.92 Å². The number of rotatable bonds is 1. The molecule has 0 amide bonds. The fraction of sp³-hybridized carbons (Fsp3) is 1.00. The molecule has 7 heavy (non-hydrogen) atoms. The maximum absolute atomic E-state index is 7.40. The molecule has 1 saturated heterocycles. The van der Waals surface area contributed by atoms with Gasteiger partial charge in [0.15, 0.2) is 0 Å². The van der Waals surface area contributed by atoms with Crippen LogP contribution >= 0.6 is 0 Å². The topological polar surface area (TPSA) is 9.23 Å². The van der Waals surface area contributed by atoms with Crippen LogP contribution in [0.1, 0.15) is 28.4 Å². The van der Waals surface area contributed by atoms with E-state index in [1.54, 1.807) is 0 Å². The van der Waals surface area contributed by atoms with Gasteiger partial charge in [0.1, 0.15) is 0 Å². The summed E-state index contributed by atoms with van der Waals surface area (Å²) < 4.78 is 48.4. The van der Waals surface area contributed by atoms with E-state index >= 15 is 0 Å². The standard InChI is InChI=1S/C6H12O/c1-3-6(2)4-7-5-6/h3-5H2,1-2H3/i3D2,4D2,5D2. The molecule has 0 N–H and O–H groups in total. The summed E-state index contributed by atoms with van der Waals surface area (Å²) in [6, 6.07) is 0. The lowest BCUT2D eigenvalue weighted by Gasteiger charge is -2.36. The molecule has 0 aromatic heterocycles. The van der Waals surface area contributed by atoms with Gasteiger partial charge in [-0.25, -0.2) is 0 Å². The first kappa shape index (κ1) is 1.47. The molecule has 1 heteroatoms. The van der Waals surface area contributed by atoms with Crippen molar-refractivity contribution in [1.29, 1.82) is 0 Å². The van der Waals surface area contributed by atoms with Crippen molar-refractivity contribution in [3.63, 3.8) is 0 Å². The van der Waals surface area contributed by atoms with Crippen LogP contribution in [0.5, 0.6) is 0 Å². The lowest BCUT2D eigenvalue weighted by molar-refractivity contribution is -0.103. The second kappa shape index (κ2) is 1.48. The number of hydrogen-bond donors (Lipinski definition) is 0. The second-order valence-corrected chi connectivity index (χ2v) is 1.68. The summed E-state index contributed by atoms with van der Waals surface area (Å²) in [6.07, 6.45) is -1.97. The van der Waals surface area contributed by atoms with Gasteiger partial charge in [-0.2, -0.15) is 0 Å². The molecular weight excluding hydrogens is 88.1 g/mol. The first-order valence-corrected chi connectivity index (χ1v) is 2.16. The molecule has 0 bridgehead atoms. The third kappa shape index (κ3) is 0.778. The normalized spacial score (nSPS) is 55.7. The monoisotopic (exact) mass is 106 g/mol. The average molecular weight is 106 g/mol. The van der Waals surface area contributed by atoms with Crippen molar-refractivity contribution in [1.82, 2.24) is 0 Å². The third-order valence-corrected chi connectivity index (χ3v) is 1.01. The second-order valence-electron chi connectivity index (χ2n) is 1.68. The van der Waals surface area contributed by atoms with Crippen molar-refractivity contribution < 1.29 is 13.0 Å². The zero-order valence-electron chi connectivity index (χ0n) is 10.4. The van der Waals surface area contributed by atoms with Gasteiger partial charge in [-0.1, -0.05) is 13.8 Å². The Morgan fingerprint density at radius 1 is 2.00 bits per heavy atom. The molecule has 1 rings (SSSR count). The Bertz CT molecular complexity index is 199. The Hall–Kier alpha value is -0.0400. The number of ether oxygens (including phenoxy) is 1. The van der Waals surface area contributed by atoms with Crippen LogP contribution in [0, 0.1) is 5.41 Å². The molecule has 0 unspecified atom stereocenters. The molecule has 1 nitrogen and oxygen atoms in total. The van der Waals surface area contributed by atoms with Gasteiger partial charge in [0.25, 0.3) is 0 Å². The van der Waals surface area contributed by atoms with Gasteiger partial charge in [-0.05, 0) is 6.37 Å². The van der Waals surface area contributed by atoms with E-state index in [1.807, 2.05) is 0 Å². The molecule has 1 fully saturated rings. The fourth-order valence-corrected chi connectivity index (χ4v) is 0.306. The van der Waals surface area contributed by atoms with Gasteiger partial charge >= 0.3 is 0 Å². The first-order valence-electron chi connectivity index (χ1n) is 5.16. The fourth-order valence-electron chi connectivity index (χ4n) is 0.306. The van der Waals surface area contributed by atoms with Gasteiger partial charge in [-0.15, -0.1) is 0 Å². The van der Waals surface area contributed by atoms with Gasteiger partial charge in [0, 0.05) is 8.16 Å². The minimum atomic E-state index is -2.26. The molecule has 1 heterocycles. The molecule has 1 aliphatic rings. The van der Waals surface area contributed by atoms with Crippen molar-refractivity contribution in [2.75, 3.05) is 13.1 Å². The maximum Gasteiger partial charge on any atom is 0.0573 e. The van der Waals surface area contributed by atoms with Crippen molar-refractivity contribution in [3.8, 4) is 0 Å². The van der Waals surface area contributed by atoms with E-state index in [9.17, 15) is 0 Å². The maximum atomic E-state index is 7.40. The van der Waals surface area contributed by atoms with E-state index in [2.05, 4.69) is 4.74 Å². The lowest BCUT2D eigenvalue weighted by Crippen LogP contribution is -2.38. The highest BCUT2D eigenvalue weighted by molar-refractivity contribution is 4.78. The predicted molar refractivity (Wildman–Crippen MR) is 29.2 cm³/mol. The minimum absolute atomic E-state index is 1.16. The molecule has 0 radical (unpaired) electrons. The molecule has 0 saturated carbocycles. The predicted octanol–water partition coefficient (Wildman–Crippen LogP) is 1.43. The highest BCUT2D eigenvalue weighted by Gasteiger charge is 2.30. The molecule has 0 aromatic carbocycles. The summed E-state index contributed by atoms with van der Waals surface area (Å²) in [4.78, 5) is 0. The van der Waals surface area contributed by atoms with Gasteiger partial charge in [-0.3, -0.25) is 0 Å². The summed E-state index contributed by atoms with van der Waals surface area (Å²) in [5.41, 5.74) is -1.77. The van der Waals surface area contributed by atoms with Crippen LogP contribution in [0.15, 0.2) is 0 Å². The quantitative estimate of drug-likeness (QED) is 0.491. The van der Waals surface area contributed by atoms with Crippen LogP contribution in [0.4, 0.5) is 0 Å². The largest absolute Gasteiger partial charge is 0.380 e. The van der Waals surface area contributed by atoms with E-state index in [0.29, 0.717) is 0 Å². The summed E-state index contributed by atoms with van der Waals surface area (Å²) in [7, 11) is 0. The summed E-state index contributed by atoms with van der Waals surface area (Å²) in [5.74, 6) is 0. The minimum Gasteiger partial charge on any atom is -0.380 e. The Kier molecular flexibility index (Phi) is 0.311. The van der Waals surface area contributed by atoms with Crippen LogP contribution in [-0.2, 0) is 4.74 Å². The first-order chi connectivity index (χ1) is 5.46. The van der Waals surface area contributed by atoms with Crippen LogP contribution < -0.4 is 0 Å².